The normalized spacial score (nSPS) is 10.6. The molecule has 5 heteroatoms. The second kappa shape index (κ2) is 9.75. The highest BCUT2D eigenvalue weighted by Crippen LogP contribution is 2.27. The Kier molecular flexibility index (Phi) is 7.38. The molecule has 138 valence electrons. The highest BCUT2D eigenvalue weighted by atomic mass is 16.5. The van der Waals surface area contributed by atoms with Gasteiger partial charge in [0, 0.05) is 12.0 Å². The Hall–Kier alpha value is -2.63. The molecule has 0 aliphatic carbocycles. The number of carbonyl (C=O) groups is 1. The quantitative estimate of drug-likeness (QED) is 0.534. The molecule has 0 radical (unpaired) electrons. The molecule has 0 aliphatic rings. The van der Waals surface area contributed by atoms with Crippen molar-refractivity contribution < 1.29 is 24.5 Å². The molecular formula is C21H24O5. The summed E-state index contributed by atoms with van der Waals surface area (Å²) >= 11 is 0. The third kappa shape index (κ3) is 5.44. The lowest BCUT2D eigenvalue weighted by molar-refractivity contribution is -0.138. The molecule has 0 spiro atoms. The van der Waals surface area contributed by atoms with Crippen molar-refractivity contribution in [3.05, 3.63) is 66.2 Å². The molecule has 0 bridgehead atoms. The summed E-state index contributed by atoms with van der Waals surface area (Å²) in [5.41, 5.74) is 3.94. The van der Waals surface area contributed by atoms with Crippen molar-refractivity contribution in [2.24, 2.45) is 5.92 Å². The summed E-state index contributed by atoms with van der Waals surface area (Å²) in [5.74, 6) is -0.0890. The summed E-state index contributed by atoms with van der Waals surface area (Å²) in [5, 5.41) is 18.2. The SMILES string of the molecule is C=CC(=O)OCc1cc(C)ccc1-c1ccc(OCC(CO)CO)cc1. The van der Waals surface area contributed by atoms with E-state index in [0.717, 1.165) is 28.3 Å². The number of rotatable bonds is 9. The Balaban J connectivity index is 2.14. The van der Waals surface area contributed by atoms with Gasteiger partial charge in [0.05, 0.1) is 19.8 Å². The molecule has 0 amide bonds. The van der Waals surface area contributed by atoms with Crippen LogP contribution in [-0.4, -0.2) is 36.0 Å². The molecular weight excluding hydrogens is 332 g/mol. The molecule has 0 saturated carbocycles. The van der Waals surface area contributed by atoms with Gasteiger partial charge in [-0.05, 0) is 35.7 Å². The van der Waals surface area contributed by atoms with Crippen LogP contribution in [-0.2, 0) is 16.1 Å². The highest BCUT2D eigenvalue weighted by Gasteiger charge is 2.09. The minimum Gasteiger partial charge on any atom is -0.493 e. The van der Waals surface area contributed by atoms with Crippen LogP contribution >= 0.6 is 0 Å². The van der Waals surface area contributed by atoms with E-state index in [9.17, 15) is 4.79 Å². The zero-order chi connectivity index (χ0) is 18.9. The van der Waals surface area contributed by atoms with Crippen molar-refractivity contribution in [3.8, 4) is 16.9 Å². The highest BCUT2D eigenvalue weighted by molar-refractivity contribution is 5.81. The summed E-state index contributed by atoms with van der Waals surface area (Å²) in [6.07, 6.45) is 1.15. The van der Waals surface area contributed by atoms with Crippen LogP contribution in [0.2, 0.25) is 0 Å². The maximum atomic E-state index is 11.3. The second-order valence-electron chi connectivity index (χ2n) is 6.04. The number of hydrogen-bond donors (Lipinski definition) is 2. The van der Waals surface area contributed by atoms with E-state index in [4.69, 9.17) is 19.7 Å². The summed E-state index contributed by atoms with van der Waals surface area (Å²) in [6.45, 7) is 5.57. The first-order valence-corrected chi connectivity index (χ1v) is 8.41. The van der Waals surface area contributed by atoms with Crippen molar-refractivity contribution in [2.75, 3.05) is 19.8 Å². The van der Waals surface area contributed by atoms with Crippen molar-refractivity contribution in [1.82, 2.24) is 0 Å². The van der Waals surface area contributed by atoms with Gasteiger partial charge in [0.15, 0.2) is 0 Å². The number of hydrogen-bond acceptors (Lipinski definition) is 5. The Labute approximate surface area is 153 Å². The van der Waals surface area contributed by atoms with Gasteiger partial charge in [0.1, 0.15) is 12.4 Å². The lowest BCUT2D eigenvalue weighted by Gasteiger charge is -2.14. The van der Waals surface area contributed by atoms with Gasteiger partial charge in [-0.1, -0.05) is 42.5 Å². The van der Waals surface area contributed by atoms with E-state index in [1.165, 1.54) is 0 Å². The molecule has 0 saturated heterocycles. The lowest BCUT2D eigenvalue weighted by atomic mass is 9.98. The molecule has 2 aromatic rings. The molecule has 0 atom stereocenters. The van der Waals surface area contributed by atoms with E-state index in [1.807, 2.05) is 49.4 Å². The van der Waals surface area contributed by atoms with Crippen LogP contribution in [0, 0.1) is 12.8 Å². The van der Waals surface area contributed by atoms with E-state index in [1.54, 1.807) is 0 Å². The van der Waals surface area contributed by atoms with Gasteiger partial charge in [-0.3, -0.25) is 0 Å². The molecule has 2 aromatic carbocycles. The van der Waals surface area contributed by atoms with Crippen LogP contribution in [0.4, 0.5) is 0 Å². The fourth-order valence-corrected chi connectivity index (χ4v) is 2.44. The minimum atomic E-state index is -0.455. The molecule has 0 heterocycles. The number of aliphatic hydroxyl groups excluding tert-OH is 2. The van der Waals surface area contributed by atoms with Crippen molar-refractivity contribution >= 4 is 5.97 Å². The number of esters is 1. The number of aliphatic hydroxyl groups is 2. The topological polar surface area (TPSA) is 76.0 Å². The largest absolute Gasteiger partial charge is 0.493 e. The smallest absolute Gasteiger partial charge is 0.330 e. The summed E-state index contributed by atoms with van der Waals surface area (Å²) in [7, 11) is 0. The van der Waals surface area contributed by atoms with Crippen molar-refractivity contribution in [3.63, 3.8) is 0 Å². The molecule has 2 rings (SSSR count). The molecule has 0 unspecified atom stereocenters. The lowest BCUT2D eigenvalue weighted by Crippen LogP contribution is -2.19. The Morgan fingerprint density at radius 1 is 1.15 bits per heavy atom. The number of carbonyl (C=O) groups excluding carboxylic acids is 1. The van der Waals surface area contributed by atoms with Crippen molar-refractivity contribution in [1.29, 1.82) is 0 Å². The van der Waals surface area contributed by atoms with Gasteiger partial charge in [-0.25, -0.2) is 4.79 Å². The van der Waals surface area contributed by atoms with E-state index < -0.39 is 5.97 Å². The fourth-order valence-electron chi connectivity index (χ4n) is 2.44. The average molecular weight is 356 g/mol. The predicted molar refractivity (Wildman–Crippen MR) is 99.8 cm³/mol. The van der Waals surface area contributed by atoms with E-state index >= 15 is 0 Å². The predicted octanol–water partition coefficient (Wildman–Crippen LogP) is 2.87. The summed E-state index contributed by atoms with van der Waals surface area (Å²) in [6, 6.07) is 13.5. The third-order valence-corrected chi connectivity index (χ3v) is 3.96. The van der Waals surface area contributed by atoms with E-state index in [0.29, 0.717) is 5.75 Å². The first kappa shape index (κ1) is 19.7. The Morgan fingerprint density at radius 2 is 1.85 bits per heavy atom. The first-order chi connectivity index (χ1) is 12.6. The minimum absolute atomic E-state index is 0.120. The number of benzene rings is 2. The van der Waals surface area contributed by atoms with Crippen LogP contribution in [0.1, 0.15) is 11.1 Å². The Morgan fingerprint density at radius 3 is 2.46 bits per heavy atom. The van der Waals surface area contributed by atoms with Crippen LogP contribution in [0.3, 0.4) is 0 Å². The van der Waals surface area contributed by atoms with Gasteiger partial charge < -0.3 is 19.7 Å². The molecule has 0 fully saturated rings. The summed E-state index contributed by atoms with van der Waals surface area (Å²) in [4.78, 5) is 11.3. The Bertz CT molecular complexity index is 733. The maximum absolute atomic E-state index is 11.3. The third-order valence-electron chi connectivity index (χ3n) is 3.96. The van der Waals surface area contributed by atoms with Gasteiger partial charge in [0.25, 0.3) is 0 Å². The van der Waals surface area contributed by atoms with Crippen LogP contribution in [0.15, 0.2) is 55.1 Å². The first-order valence-electron chi connectivity index (χ1n) is 8.41. The average Bonchev–Trinajstić information content (AvgIpc) is 2.67. The second-order valence-corrected chi connectivity index (χ2v) is 6.04. The van der Waals surface area contributed by atoms with Gasteiger partial charge in [-0.15, -0.1) is 0 Å². The molecule has 2 N–H and O–H groups in total. The standard InChI is InChI=1S/C21H24O5/c1-3-21(24)26-14-18-10-15(2)4-9-20(18)17-5-7-19(8-6-17)25-13-16(11-22)12-23/h3-10,16,22-23H,1,11-14H2,2H3. The van der Waals surface area contributed by atoms with Crippen LogP contribution in [0.25, 0.3) is 11.1 Å². The van der Waals surface area contributed by atoms with Crippen LogP contribution < -0.4 is 4.74 Å². The molecule has 26 heavy (non-hydrogen) atoms. The van der Waals surface area contributed by atoms with E-state index in [2.05, 4.69) is 6.58 Å². The molecule has 0 aliphatic heterocycles. The van der Waals surface area contributed by atoms with Gasteiger partial charge >= 0.3 is 5.97 Å². The summed E-state index contributed by atoms with van der Waals surface area (Å²) < 4.78 is 10.8. The molecule has 5 nitrogen and oxygen atoms in total. The van der Waals surface area contributed by atoms with Gasteiger partial charge in [0.2, 0.25) is 0 Å². The maximum Gasteiger partial charge on any atom is 0.330 e. The molecule has 0 aromatic heterocycles. The monoisotopic (exact) mass is 356 g/mol. The van der Waals surface area contributed by atoms with Crippen LogP contribution in [0.5, 0.6) is 5.75 Å². The van der Waals surface area contributed by atoms with Crippen molar-refractivity contribution in [2.45, 2.75) is 13.5 Å². The fraction of sp³-hybridized carbons (Fsp3) is 0.286. The zero-order valence-electron chi connectivity index (χ0n) is 14.9. The number of aryl methyl sites for hydroxylation is 1. The van der Waals surface area contributed by atoms with E-state index in [-0.39, 0.29) is 32.3 Å². The zero-order valence-corrected chi connectivity index (χ0v) is 14.9. The number of ether oxygens (including phenoxy) is 2. The van der Waals surface area contributed by atoms with Gasteiger partial charge in [-0.2, -0.15) is 0 Å².